The number of hydrogen-bond acceptors (Lipinski definition) is 4. The zero-order valence-corrected chi connectivity index (χ0v) is 16.9. The van der Waals surface area contributed by atoms with Crippen molar-refractivity contribution in [1.82, 2.24) is 18.7 Å². The number of Topliss-reactive ketones (excluding diaryl/α,β-unsaturated/α-hetero) is 1. The van der Waals surface area contributed by atoms with E-state index in [1.807, 2.05) is 0 Å². The zero-order chi connectivity index (χ0) is 21.7. The van der Waals surface area contributed by atoms with Crippen molar-refractivity contribution in [2.24, 2.45) is 5.41 Å². The average Bonchev–Trinajstić information content (AvgIpc) is 3.00. The number of carbonyl (C=O) groups is 1. The Bertz CT molecular complexity index is 1230. The Labute approximate surface area is 165 Å². The van der Waals surface area contributed by atoms with Crippen LogP contribution >= 0.6 is 0 Å². The lowest BCUT2D eigenvalue weighted by Crippen LogP contribution is -2.41. The van der Waals surface area contributed by atoms with Crippen LogP contribution in [0.3, 0.4) is 0 Å². The van der Waals surface area contributed by atoms with Gasteiger partial charge in [-0.2, -0.15) is 0 Å². The van der Waals surface area contributed by atoms with Gasteiger partial charge in [0.15, 0.2) is 28.6 Å². The molecule has 0 radical (unpaired) electrons. The van der Waals surface area contributed by atoms with Gasteiger partial charge < -0.3 is 4.57 Å². The van der Waals surface area contributed by atoms with Crippen molar-refractivity contribution in [2.45, 2.75) is 47.2 Å². The van der Waals surface area contributed by atoms with E-state index in [2.05, 4.69) is 4.98 Å². The molecule has 0 fully saturated rings. The van der Waals surface area contributed by atoms with Crippen LogP contribution in [0.4, 0.5) is 8.78 Å². The van der Waals surface area contributed by atoms with Crippen LogP contribution in [-0.4, -0.2) is 24.5 Å². The molecule has 0 amide bonds. The molecule has 1 aromatic carbocycles. The third-order valence-corrected chi connectivity index (χ3v) is 4.68. The Morgan fingerprint density at radius 2 is 1.79 bits per heavy atom. The first-order valence-corrected chi connectivity index (χ1v) is 9.14. The minimum absolute atomic E-state index is 0.0235. The third kappa shape index (κ3) is 3.52. The topological polar surface area (TPSA) is 78.9 Å². The summed E-state index contributed by atoms with van der Waals surface area (Å²) < 4.78 is 30.6. The molecular weight excluding hydrogens is 382 g/mol. The van der Waals surface area contributed by atoms with Gasteiger partial charge in [-0.25, -0.2) is 23.1 Å². The van der Waals surface area contributed by atoms with Gasteiger partial charge >= 0.3 is 5.69 Å². The summed E-state index contributed by atoms with van der Waals surface area (Å²) in [6.45, 7) is 8.49. The van der Waals surface area contributed by atoms with Crippen molar-refractivity contribution in [2.75, 3.05) is 0 Å². The Hall–Kier alpha value is -3.10. The van der Waals surface area contributed by atoms with Crippen molar-refractivity contribution < 1.29 is 13.6 Å². The van der Waals surface area contributed by atoms with Gasteiger partial charge in [0.05, 0.1) is 18.6 Å². The quantitative estimate of drug-likeness (QED) is 0.670. The number of benzene rings is 1. The van der Waals surface area contributed by atoms with Crippen molar-refractivity contribution >= 4 is 16.9 Å². The fraction of sp³-hybridized carbons (Fsp3) is 0.400. The molecule has 2 heterocycles. The largest absolute Gasteiger partial charge is 0.337 e. The summed E-state index contributed by atoms with van der Waals surface area (Å²) in [7, 11) is 0. The first-order chi connectivity index (χ1) is 13.4. The molecule has 2 aromatic heterocycles. The van der Waals surface area contributed by atoms with Crippen molar-refractivity contribution in [3.63, 3.8) is 0 Å². The van der Waals surface area contributed by atoms with Crippen molar-refractivity contribution in [3.05, 3.63) is 57.0 Å². The molecule has 0 spiro atoms. The predicted molar refractivity (Wildman–Crippen MR) is 104 cm³/mol. The maximum atomic E-state index is 13.8. The number of rotatable bonds is 4. The van der Waals surface area contributed by atoms with E-state index in [9.17, 15) is 23.2 Å². The van der Waals surface area contributed by atoms with E-state index >= 15 is 0 Å². The van der Waals surface area contributed by atoms with Crippen LogP contribution in [0, 0.1) is 17.0 Å². The molecule has 7 nitrogen and oxygen atoms in total. The molecule has 0 unspecified atom stereocenters. The highest BCUT2D eigenvalue weighted by molar-refractivity contribution is 5.85. The number of imidazole rings is 1. The predicted octanol–water partition coefficient (Wildman–Crippen LogP) is 2.82. The number of hydrogen-bond donors (Lipinski definition) is 0. The van der Waals surface area contributed by atoms with Gasteiger partial charge in [0.1, 0.15) is 0 Å². The smallest absolute Gasteiger partial charge is 0.317 e. The maximum Gasteiger partial charge on any atom is 0.337 e. The van der Waals surface area contributed by atoms with Crippen LogP contribution in [0.2, 0.25) is 0 Å². The summed E-state index contributed by atoms with van der Waals surface area (Å²) >= 11 is 0. The molecule has 0 N–H and O–H groups in total. The standard InChI is InChI=1S/C20H22F2N4O3/c1-11(2)25-18(28)16-17(23-10-24(16)9-15(27)20(3,4)5)26(19(25)29)12-6-7-13(21)14(22)8-12/h6-8,10-11H,9H2,1-5H3. The fourth-order valence-electron chi connectivity index (χ4n) is 2.98. The van der Waals surface area contributed by atoms with Gasteiger partial charge in [0.2, 0.25) is 0 Å². The molecule has 0 aliphatic rings. The number of fused-ring (bicyclic) bond motifs is 1. The molecule has 29 heavy (non-hydrogen) atoms. The van der Waals surface area contributed by atoms with Gasteiger partial charge in [-0.15, -0.1) is 0 Å². The Balaban J connectivity index is 2.38. The van der Waals surface area contributed by atoms with Crippen LogP contribution in [-0.2, 0) is 11.3 Å². The van der Waals surface area contributed by atoms with E-state index in [0.29, 0.717) is 0 Å². The Morgan fingerprint density at radius 3 is 2.34 bits per heavy atom. The van der Waals surface area contributed by atoms with Gasteiger partial charge in [-0.3, -0.25) is 14.2 Å². The summed E-state index contributed by atoms with van der Waals surface area (Å²) in [6.07, 6.45) is 1.30. The average molecular weight is 404 g/mol. The van der Waals surface area contributed by atoms with Crippen molar-refractivity contribution in [3.8, 4) is 5.69 Å². The lowest BCUT2D eigenvalue weighted by molar-refractivity contribution is -0.126. The van der Waals surface area contributed by atoms with Gasteiger partial charge in [0, 0.05) is 17.5 Å². The van der Waals surface area contributed by atoms with Crippen LogP contribution in [0.1, 0.15) is 40.7 Å². The molecule has 0 saturated carbocycles. The molecule has 154 valence electrons. The summed E-state index contributed by atoms with van der Waals surface area (Å²) in [5.41, 5.74) is -1.91. The van der Waals surface area contributed by atoms with Gasteiger partial charge in [-0.05, 0) is 26.0 Å². The van der Waals surface area contributed by atoms with Gasteiger partial charge in [-0.1, -0.05) is 20.8 Å². The molecule has 0 atom stereocenters. The molecule has 0 bridgehead atoms. The number of aromatic nitrogens is 4. The summed E-state index contributed by atoms with van der Waals surface area (Å²) in [5.74, 6) is -2.32. The van der Waals surface area contributed by atoms with E-state index in [4.69, 9.17) is 0 Å². The highest BCUT2D eigenvalue weighted by Crippen LogP contribution is 2.19. The highest BCUT2D eigenvalue weighted by atomic mass is 19.2. The molecule has 9 heteroatoms. The minimum Gasteiger partial charge on any atom is -0.317 e. The highest BCUT2D eigenvalue weighted by Gasteiger charge is 2.25. The first-order valence-electron chi connectivity index (χ1n) is 9.14. The van der Waals surface area contributed by atoms with E-state index in [-0.39, 0.29) is 29.2 Å². The first kappa shape index (κ1) is 20.6. The normalized spacial score (nSPS) is 12.1. The number of nitrogens with zero attached hydrogens (tertiary/aromatic N) is 4. The molecule has 0 saturated heterocycles. The zero-order valence-electron chi connectivity index (χ0n) is 16.9. The van der Waals surface area contributed by atoms with Gasteiger partial charge in [0.25, 0.3) is 5.56 Å². The number of halogens is 2. The summed E-state index contributed by atoms with van der Waals surface area (Å²) in [4.78, 5) is 42.7. The van der Waals surface area contributed by atoms with E-state index in [1.165, 1.54) is 17.0 Å². The Morgan fingerprint density at radius 1 is 1.14 bits per heavy atom. The molecular formula is C20H22F2N4O3. The minimum atomic E-state index is -1.13. The summed E-state index contributed by atoms with van der Waals surface area (Å²) in [5, 5.41) is 0. The van der Waals surface area contributed by atoms with Crippen molar-refractivity contribution in [1.29, 1.82) is 0 Å². The second-order valence-corrected chi connectivity index (χ2v) is 8.20. The Kier molecular flexibility index (Phi) is 5.02. The second-order valence-electron chi connectivity index (χ2n) is 8.20. The van der Waals surface area contributed by atoms with E-state index in [1.54, 1.807) is 34.6 Å². The number of ketones is 1. The van der Waals surface area contributed by atoms with Crippen LogP contribution in [0.15, 0.2) is 34.1 Å². The number of carbonyl (C=O) groups excluding carboxylic acids is 1. The van der Waals surface area contributed by atoms with Crippen LogP contribution in [0.25, 0.3) is 16.9 Å². The molecule has 0 aliphatic heterocycles. The van der Waals surface area contributed by atoms with E-state index < -0.39 is 34.3 Å². The maximum absolute atomic E-state index is 13.8. The lowest BCUT2D eigenvalue weighted by atomic mass is 9.91. The second kappa shape index (κ2) is 7.06. The monoisotopic (exact) mass is 404 g/mol. The van der Waals surface area contributed by atoms with Crippen LogP contribution in [0.5, 0.6) is 0 Å². The third-order valence-electron chi connectivity index (χ3n) is 4.68. The molecule has 3 aromatic rings. The lowest BCUT2D eigenvalue weighted by Gasteiger charge is -2.18. The fourth-order valence-corrected chi connectivity index (χ4v) is 2.98. The van der Waals surface area contributed by atoms with Crippen LogP contribution < -0.4 is 11.2 Å². The molecule has 3 rings (SSSR count). The molecule has 0 aliphatic carbocycles. The van der Waals surface area contributed by atoms with E-state index in [0.717, 1.165) is 21.3 Å². The summed E-state index contributed by atoms with van der Waals surface area (Å²) in [6, 6.07) is 2.49. The SMILES string of the molecule is CC(C)n1c(=O)c2c(ncn2CC(=O)C(C)(C)C)n(-c2ccc(F)c(F)c2)c1=O.